The predicted octanol–water partition coefficient (Wildman–Crippen LogP) is 4.08. The van der Waals surface area contributed by atoms with E-state index in [0.29, 0.717) is 5.69 Å². The van der Waals surface area contributed by atoms with Crippen LogP contribution in [-0.2, 0) is 0 Å². The quantitative estimate of drug-likeness (QED) is 0.781. The van der Waals surface area contributed by atoms with E-state index < -0.39 is 28.9 Å². The molecule has 0 aliphatic heterocycles. The van der Waals surface area contributed by atoms with E-state index in [1.54, 1.807) is 25.1 Å². The van der Waals surface area contributed by atoms with Crippen molar-refractivity contribution in [3.8, 4) is 0 Å². The highest BCUT2D eigenvalue weighted by Gasteiger charge is 2.23. The molecule has 2 aromatic rings. The lowest BCUT2D eigenvalue weighted by Gasteiger charge is -2.22. The van der Waals surface area contributed by atoms with E-state index in [-0.39, 0.29) is 6.54 Å². The van der Waals surface area contributed by atoms with Gasteiger partial charge in [0.2, 0.25) is 0 Å². The van der Waals surface area contributed by atoms with Gasteiger partial charge in [-0.25, -0.2) is 13.2 Å². The van der Waals surface area contributed by atoms with Crippen molar-refractivity contribution < 1.29 is 18.0 Å². The SMILES string of the molecule is CCN(C(=O)c1ccc(F)c(F)c1F)c1cccc(C)c1. The van der Waals surface area contributed by atoms with Gasteiger partial charge >= 0.3 is 0 Å². The number of carbonyl (C=O) groups is 1. The van der Waals surface area contributed by atoms with Crippen LogP contribution in [0.15, 0.2) is 36.4 Å². The maximum absolute atomic E-state index is 13.7. The summed E-state index contributed by atoms with van der Waals surface area (Å²) in [5.41, 5.74) is 1.02. The third kappa shape index (κ3) is 2.91. The summed E-state index contributed by atoms with van der Waals surface area (Å²) in [5.74, 6) is -5.13. The van der Waals surface area contributed by atoms with Crippen molar-refractivity contribution in [1.82, 2.24) is 0 Å². The third-order valence-electron chi connectivity index (χ3n) is 3.14. The van der Waals surface area contributed by atoms with E-state index >= 15 is 0 Å². The smallest absolute Gasteiger partial charge is 0.261 e. The second-order valence-electron chi connectivity index (χ2n) is 4.61. The molecule has 0 aliphatic carbocycles. The van der Waals surface area contributed by atoms with Gasteiger partial charge in [-0.2, -0.15) is 0 Å². The van der Waals surface area contributed by atoms with Gasteiger partial charge in [-0.15, -0.1) is 0 Å². The van der Waals surface area contributed by atoms with Gasteiger partial charge in [0.1, 0.15) is 0 Å². The Morgan fingerprint density at radius 1 is 1.10 bits per heavy atom. The van der Waals surface area contributed by atoms with E-state index in [0.717, 1.165) is 17.7 Å². The average molecular weight is 293 g/mol. The Hall–Kier alpha value is -2.30. The molecule has 0 N–H and O–H groups in total. The van der Waals surface area contributed by atoms with Crippen molar-refractivity contribution in [3.63, 3.8) is 0 Å². The lowest BCUT2D eigenvalue weighted by molar-refractivity contribution is 0.0983. The maximum atomic E-state index is 13.7. The number of hydrogen-bond acceptors (Lipinski definition) is 1. The third-order valence-corrected chi connectivity index (χ3v) is 3.14. The van der Waals surface area contributed by atoms with Crippen molar-refractivity contribution in [2.24, 2.45) is 0 Å². The van der Waals surface area contributed by atoms with Crippen molar-refractivity contribution in [1.29, 1.82) is 0 Å². The Bertz CT molecular complexity index is 685. The molecule has 0 radical (unpaired) electrons. The minimum atomic E-state index is -1.64. The van der Waals surface area contributed by atoms with Crippen LogP contribution in [0.2, 0.25) is 0 Å². The Balaban J connectivity index is 2.44. The monoisotopic (exact) mass is 293 g/mol. The molecular weight excluding hydrogens is 279 g/mol. The largest absolute Gasteiger partial charge is 0.309 e. The van der Waals surface area contributed by atoms with Gasteiger partial charge < -0.3 is 4.90 Å². The number of hydrogen-bond donors (Lipinski definition) is 0. The molecule has 0 aliphatic rings. The van der Waals surface area contributed by atoms with Gasteiger partial charge in [-0.3, -0.25) is 4.79 Å². The lowest BCUT2D eigenvalue weighted by atomic mass is 10.1. The summed E-state index contributed by atoms with van der Waals surface area (Å²) in [7, 11) is 0. The van der Waals surface area contributed by atoms with Gasteiger partial charge in [0.25, 0.3) is 5.91 Å². The molecule has 0 fully saturated rings. The van der Waals surface area contributed by atoms with E-state index in [9.17, 15) is 18.0 Å². The normalized spacial score (nSPS) is 10.5. The van der Waals surface area contributed by atoms with Crippen LogP contribution in [0.25, 0.3) is 0 Å². The van der Waals surface area contributed by atoms with Crippen LogP contribution < -0.4 is 4.90 Å². The summed E-state index contributed by atoms with van der Waals surface area (Å²) in [5, 5.41) is 0. The molecule has 0 heterocycles. The van der Waals surface area contributed by atoms with E-state index in [1.165, 1.54) is 4.90 Å². The van der Waals surface area contributed by atoms with Gasteiger partial charge in [0.15, 0.2) is 17.5 Å². The summed E-state index contributed by atoms with van der Waals surface area (Å²) >= 11 is 0. The molecule has 110 valence electrons. The minimum Gasteiger partial charge on any atom is -0.309 e. The summed E-state index contributed by atoms with van der Waals surface area (Å²) in [6.07, 6.45) is 0. The number of halogens is 3. The summed E-state index contributed by atoms with van der Waals surface area (Å²) < 4.78 is 39.9. The van der Waals surface area contributed by atoms with Crippen LogP contribution in [-0.4, -0.2) is 12.5 Å². The summed E-state index contributed by atoms with van der Waals surface area (Å²) in [4.78, 5) is 13.7. The molecule has 1 amide bonds. The Kier molecular flexibility index (Phi) is 4.31. The van der Waals surface area contributed by atoms with Crippen molar-refractivity contribution >= 4 is 11.6 Å². The Labute approximate surface area is 120 Å². The number of carbonyl (C=O) groups excluding carboxylic acids is 1. The molecular formula is C16H14F3NO. The number of amides is 1. The Morgan fingerprint density at radius 2 is 1.81 bits per heavy atom. The molecule has 0 atom stereocenters. The fourth-order valence-electron chi connectivity index (χ4n) is 2.08. The number of nitrogens with zero attached hydrogens (tertiary/aromatic N) is 1. The molecule has 2 aromatic carbocycles. The molecule has 2 rings (SSSR count). The first-order valence-corrected chi connectivity index (χ1v) is 6.47. The van der Waals surface area contributed by atoms with Gasteiger partial charge in [0.05, 0.1) is 5.56 Å². The van der Waals surface area contributed by atoms with Crippen molar-refractivity contribution in [2.45, 2.75) is 13.8 Å². The molecule has 21 heavy (non-hydrogen) atoms. The first kappa shape index (κ1) is 15.1. The molecule has 5 heteroatoms. The molecule has 0 bridgehead atoms. The molecule has 2 nitrogen and oxygen atoms in total. The number of anilines is 1. The molecule has 0 unspecified atom stereocenters. The number of rotatable bonds is 3. The topological polar surface area (TPSA) is 20.3 Å². The van der Waals surface area contributed by atoms with Gasteiger partial charge in [-0.05, 0) is 43.7 Å². The maximum Gasteiger partial charge on any atom is 0.261 e. The predicted molar refractivity (Wildman–Crippen MR) is 74.8 cm³/mol. The highest BCUT2D eigenvalue weighted by Crippen LogP contribution is 2.21. The number of benzene rings is 2. The van der Waals surface area contributed by atoms with E-state index in [4.69, 9.17) is 0 Å². The average Bonchev–Trinajstić information content (AvgIpc) is 2.45. The standard InChI is InChI=1S/C16H14F3NO/c1-3-20(11-6-4-5-10(2)9-11)16(21)12-7-8-13(17)15(19)14(12)18/h4-9H,3H2,1-2H3. The lowest BCUT2D eigenvalue weighted by Crippen LogP contribution is -2.31. The van der Waals surface area contributed by atoms with Crippen LogP contribution in [0.4, 0.5) is 18.9 Å². The summed E-state index contributed by atoms with van der Waals surface area (Å²) in [6, 6.07) is 8.79. The highest BCUT2D eigenvalue weighted by atomic mass is 19.2. The van der Waals surface area contributed by atoms with Crippen LogP contribution in [0.5, 0.6) is 0 Å². The van der Waals surface area contributed by atoms with Gasteiger partial charge in [0, 0.05) is 12.2 Å². The second kappa shape index (κ2) is 5.99. The molecule has 0 saturated carbocycles. The number of aryl methyl sites for hydroxylation is 1. The first-order chi connectivity index (χ1) is 9.95. The molecule has 0 saturated heterocycles. The molecule has 0 spiro atoms. The highest BCUT2D eigenvalue weighted by molar-refractivity contribution is 6.06. The fourth-order valence-corrected chi connectivity index (χ4v) is 2.08. The summed E-state index contributed by atoms with van der Waals surface area (Å²) in [6.45, 7) is 3.86. The van der Waals surface area contributed by atoms with Crippen LogP contribution in [0.1, 0.15) is 22.8 Å². The molecule has 0 aromatic heterocycles. The minimum absolute atomic E-state index is 0.278. The van der Waals surface area contributed by atoms with E-state index in [2.05, 4.69) is 0 Å². The first-order valence-electron chi connectivity index (χ1n) is 6.47. The van der Waals surface area contributed by atoms with Crippen LogP contribution in [0.3, 0.4) is 0 Å². The van der Waals surface area contributed by atoms with Gasteiger partial charge in [-0.1, -0.05) is 12.1 Å². The van der Waals surface area contributed by atoms with E-state index in [1.807, 2.05) is 13.0 Å². The Morgan fingerprint density at radius 3 is 2.43 bits per heavy atom. The second-order valence-corrected chi connectivity index (χ2v) is 4.61. The van der Waals surface area contributed by atoms with Crippen LogP contribution in [0, 0.1) is 24.4 Å². The zero-order chi connectivity index (χ0) is 15.6. The fraction of sp³-hybridized carbons (Fsp3) is 0.188. The van der Waals surface area contributed by atoms with Crippen molar-refractivity contribution in [3.05, 3.63) is 65.0 Å². The van der Waals surface area contributed by atoms with Crippen molar-refractivity contribution in [2.75, 3.05) is 11.4 Å². The zero-order valence-electron chi connectivity index (χ0n) is 11.7. The van der Waals surface area contributed by atoms with Crippen LogP contribution >= 0.6 is 0 Å². The zero-order valence-corrected chi connectivity index (χ0v) is 11.7.